The minimum Gasteiger partial charge on any atom is -0.480 e. The molecule has 0 aromatic heterocycles. The lowest BCUT2D eigenvalue weighted by Crippen LogP contribution is -2.36. The van der Waals surface area contributed by atoms with Crippen molar-refractivity contribution >= 4 is 23.3 Å². The Bertz CT molecular complexity index is 373. The Kier molecular flexibility index (Phi) is 3.88. The second-order valence-electron chi connectivity index (χ2n) is 2.95. The molecule has 0 spiro atoms. The molecule has 4 N–H and O–H groups in total. The van der Waals surface area contributed by atoms with E-state index in [1.54, 1.807) is 6.07 Å². The number of carboxylic acids is 1. The maximum absolute atomic E-state index is 12.9. The summed E-state index contributed by atoms with van der Waals surface area (Å²) >= 11 is 5.47. The highest BCUT2D eigenvalue weighted by Crippen LogP contribution is 2.18. The van der Waals surface area contributed by atoms with Crippen LogP contribution in [0.15, 0.2) is 18.2 Å². The van der Waals surface area contributed by atoms with E-state index in [4.69, 9.17) is 22.4 Å². The van der Waals surface area contributed by atoms with Crippen LogP contribution in [0.2, 0.25) is 5.02 Å². The Labute approximate surface area is 90.8 Å². The van der Waals surface area contributed by atoms with Gasteiger partial charge in [-0.15, -0.1) is 0 Å². The van der Waals surface area contributed by atoms with Gasteiger partial charge in [-0.05, 0) is 18.2 Å². The van der Waals surface area contributed by atoms with E-state index in [2.05, 4.69) is 5.32 Å². The quantitative estimate of drug-likeness (QED) is 0.732. The van der Waals surface area contributed by atoms with Gasteiger partial charge in [-0.3, -0.25) is 4.79 Å². The van der Waals surface area contributed by atoms with Crippen molar-refractivity contribution in [1.29, 1.82) is 0 Å². The molecule has 0 heterocycles. The van der Waals surface area contributed by atoms with Crippen LogP contribution >= 0.6 is 11.6 Å². The fourth-order valence-corrected chi connectivity index (χ4v) is 1.04. The normalized spacial score (nSPS) is 12.2. The number of anilines is 1. The molecule has 0 amide bonds. The van der Waals surface area contributed by atoms with Crippen LogP contribution in [0.25, 0.3) is 0 Å². The van der Waals surface area contributed by atoms with Crippen LogP contribution in [0, 0.1) is 5.82 Å². The number of rotatable bonds is 4. The molecule has 0 aliphatic rings. The van der Waals surface area contributed by atoms with Crippen LogP contribution < -0.4 is 11.1 Å². The maximum atomic E-state index is 12.9. The van der Waals surface area contributed by atoms with Crippen LogP contribution in [0.3, 0.4) is 0 Å². The van der Waals surface area contributed by atoms with Gasteiger partial charge in [-0.1, -0.05) is 11.6 Å². The van der Waals surface area contributed by atoms with E-state index in [-0.39, 0.29) is 11.6 Å². The summed E-state index contributed by atoms with van der Waals surface area (Å²) in [5.74, 6) is -1.68. The number of halogens is 2. The molecule has 1 aromatic rings. The lowest BCUT2D eigenvalue weighted by molar-refractivity contribution is -0.138. The molecule has 0 saturated carbocycles. The van der Waals surface area contributed by atoms with Crippen molar-refractivity contribution in [3.05, 3.63) is 29.0 Å². The topological polar surface area (TPSA) is 75.3 Å². The molecule has 1 unspecified atom stereocenters. The molecule has 6 heteroatoms. The molecule has 1 aromatic carbocycles. The Morgan fingerprint density at radius 1 is 1.67 bits per heavy atom. The number of hydrogen-bond donors (Lipinski definition) is 3. The van der Waals surface area contributed by atoms with E-state index in [0.29, 0.717) is 5.69 Å². The first-order valence-corrected chi connectivity index (χ1v) is 4.56. The molecular formula is C9H10ClFN2O2. The summed E-state index contributed by atoms with van der Waals surface area (Å²) in [4.78, 5) is 10.4. The molecule has 4 nitrogen and oxygen atoms in total. The summed E-state index contributed by atoms with van der Waals surface area (Å²) in [6, 6.07) is 3.08. The third-order valence-corrected chi connectivity index (χ3v) is 2.07. The lowest BCUT2D eigenvalue weighted by atomic mass is 10.2. The van der Waals surface area contributed by atoms with Gasteiger partial charge in [0.1, 0.15) is 11.9 Å². The largest absolute Gasteiger partial charge is 0.480 e. The van der Waals surface area contributed by atoms with Crippen molar-refractivity contribution in [3.8, 4) is 0 Å². The molecular weight excluding hydrogens is 223 g/mol. The van der Waals surface area contributed by atoms with Crippen LogP contribution in [-0.4, -0.2) is 23.7 Å². The van der Waals surface area contributed by atoms with E-state index in [1.165, 1.54) is 12.1 Å². The third kappa shape index (κ3) is 3.38. The SMILES string of the molecule is NC(CNc1ccc(Cl)c(F)c1)C(=O)O. The highest BCUT2D eigenvalue weighted by atomic mass is 35.5. The second-order valence-corrected chi connectivity index (χ2v) is 3.36. The summed E-state index contributed by atoms with van der Waals surface area (Å²) in [5.41, 5.74) is 5.69. The summed E-state index contributed by atoms with van der Waals surface area (Å²) < 4.78 is 12.9. The van der Waals surface area contributed by atoms with Crippen LogP contribution in [-0.2, 0) is 4.79 Å². The van der Waals surface area contributed by atoms with Crippen molar-refractivity contribution in [1.82, 2.24) is 0 Å². The predicted octanol–water partition coefficient (Wildman–Crippen LogP) is 1.30. The molecule has 0 radical (unpaired) electrons. The van der Waals surface area contributed by atoms with Gasteiger partial charge in [-0.2, -0.15) is 0 Å². The van der Waals surface area contributed by atoms with Crippen molar-refractivity contribution in [2.75, 3.05) is 11.9 Å². The summed E-state index contributed by atoms with van der Waals surface area (Å²) in [6.45, 7) is 0.0242. The fourth-order valence-electron chi connectivity index (χ4n) is 0.921. The zero-order chi connectivity index (χ0) is 11.4. The lowest BCUT2D eigenvalue weighted by Gasteiger charge is -2.09. The minimum absolute atomic E-state index is 0.0167. The minimum atomic E-state index is -1.11. The molecule has 82 valence electrons. The molecule has 0 aliphatic carbocycles. The van der Waals surface area contributed by atoms with E-state index >= 15 is 0 Å². The van der Waals surface area contributed by atoms with Crippen LogP contribution in [0.5, 0.6) is 0 Å². The molecule has 1 rings (SSSR count). The van der Waals surface area contributed by atoms with Gasteiger partial charge in [0, 0.05) is 12.2 Å². The number of carbonyl (C=O) groups is 1. The first kappa shape index (κ1) is 11.7. The van der Waals surface area contributed by atoms with Gasteiger partial charge < -0.3 is 16.2 Å². The highest BCUT2D eigenvalue weighted by molar-refractivity contribution is 6.30. The van der Waals surface area contributed by atoms with Gasteiger partial charge in [0.05, 0.1) is 5.02 Å². The van der Waals surface area contributed by atoms with Crippen LogP contribution in [0.4, 0.5) is 10.1 Å². The van der Waals surface area contributed by atoms with Crippen molar-refractivity contribution < 1.29 is 14.3 Å². The molecule has 0 bridgehead atoms. The Morgan fingerprint density at radius 2 is 2.33 bits per heavy atom. The number of aliphatic carboxylic acids is 1. The molecule has 1 atom stereocenters. The number of hydrogen-bond acceptors (Lipinski definition) is 3. The van der Waals surface area contributed by atoms with Gasteiger partial charge in [0.2, 0.25) is 0 Å². The predicted molar refractivity (Wildman–Crippen MR) is 55.5 cm³/mol. The molecule has 0 saturated heterocycles. The average molecular weight is 233 g/mol. The van der Waals surface area contributed by atoms with E-state index in [1.807, 2.05) is 0 Å². The average Bonchev–Trinajstić information content (AvgIpc) is 2.19. The zero-order valence-corrected chi connectivity index (χ0v) is 8.46. The summed E-state index contributed by atoms with van der Waals surface area (Å²) in [7, 11) is 0. The molecule has 15 heavy (non-hydrogen) atoms. The number of benzene rings is 1. The summed E-state index contributed by atoms with van der Waals surface area (Å²) in [6.07, 6.45) is 0. The van der Waals surface area contributed by atoms with Crippen molar-refractivity contribution in [2.24, 2.45) is 5.73 Å². The standard InChI is InChI=1S/C9H10ClFN2O2/c10-6-2-1-5(3-7(6)11)13-4-8(12)9(14)15/h1-3,8,13H,4,12H2,(H,14,15). The van der Waals surface area contributed by atoms with Crippen molar-refractivity contribution in [3.63, 3.8) is 0 Å². The first-order chi connectivity index (χ1) is 7.00. The van der Waals surface area contributed by atoms with E-state index < -0.39 is 17.8 Å². The van der Waals surface area contributed by atoms with Gasteiger partial charge in [0.25, 0.3) is 0 Å². The smallest absolute Gasteiger partial charge is 0.322 e. The molecule has 0 fully saturated rings. The Morgan fingerprint density at radius 3 is 2.87 bits per heavy atom. The third-order valence-electron chi connectivity index (χ3n) is 1.76. The van der Waals surface area contributed by atoms with E-state index in [0.717, 1.165) is 0 Å². The summed E-state index contributed by atoms with van der Waals surface area (Å²) in [5, 5.41) is 11.2. The second kappa shape index (κ2) is 4.95. The Hall–Kier alpha value is -1.33. The highest BCUT2D eigenvalue weighted by Gasteiger charge is 2.10. The first-order valence-electron chi connectivity index (χ1n) is 4.18. The number of carboxylic acid groups (broad SMARTS) is 1. The number of nitrogens with one attached hydrogen (secondary N) is 1. The van der Waals surface area contributed by atoms with Gasteiger partial charge in [0.15, 0.2) is 0 Å². The van der Waals surface area contributed by atoms with Gasteiger partial charge >= 0.3 is 5.97 Å². The fraction of sp³-hybridized carbons (Fsp3) is 0.222. The maximum Gasteiger partial charge on any atom is 0.322 e. The Balaban J connectivity index is 2.58. The van der Waals surface area contributed by atoms with Crippen LogP contribution in [0.1, 0.15) is 0 Å². The van der Waals surface area contributed by atoms with E-state index in [9.17, 15) is 9.18 Å². The monoisotopic (exact) mass is 232 g/mol. The van der Waals surface area contributed by atoms with Crippen molar-refractivity contribution in [2.45, 2.75) is 6.04 Å². The zero-order valence-electron chi connectivity index (χ0n) is 7.71. The molecule has 0 aliphatic heterocycles. The van der Waals surface area contributed by atoms with Gasteiger partial charge in [-0.25, -0.2) is 4.39 Å². The number of nitrogens with two attached hydrogens (primary N) is 1.